The number of hydrogen-bond acceptors (Lipinski definition) is 2. The molecule has 2 unspecified atom stereocenters. The molecule has 20 heavy (non-hydrogen) atoms. The molecule has 0 bridgehead atoms. The molecule has 1 heterocycles. The van der Waals surface area contributed by atoms with Crippen molar-refractivity contribution in [2.24, 2.45) is 0 Å². The summed E-state index contributed by atoms with van der Waals surface area (Å²) in [5.74, 6) is 0.157. The lowest BCUT2D eigenvalue weighted by Crippen LogP contribution is -2.31. The largest absolute Gasteiger partial charge is 0.352 e. The van der Waals surface area contributed by atoms with Crippen LogP contribution in [0.4, 0.5) is 0 Å². The minimum absolute atomic E-state index is 0.0658. The fourth-order valence-electron chi connectivity index (χ4n) is 3.24. The Bertz CT molecular complexity index is 687. The van der Waals surface area contributed by atoms with Crippen LogP contribution in [0.2, 0.25) is 0 Å². The van der Waals surface area contributed by atoms with Crippen LogP contribution in [-0.2, 0) is 11.2 Å². The van der Waals surface area contributed by atoms with Gasteiger partial charge in [-0.1, -0.05) is 54.1 Å². The van der Waals surface area contributed by atoms with Crippen molar-refractivity contribution in [2.75, 3.05) is 0 Å². The summed E-state index contributed by atoms with van der Waals surface area (Å²) in [5, 5.41) is 0. The lowest BCUT2D eigenvalue weighted by molar-refractivity contribution is 0.0850. The summed E-state index contributed by atoms with van der Waals surface area (Å²) in [5.41, 5.74) is 3.74. The second kappa shape index (κ2) is 4.03. The van der Waals surface area contributed by atoms with Gasteiger partial charge in [0.15, 0.2) is 11.4 Å². The van der Waals surface area contributed by atoms with E-state index < -0.39 is 5.60 Å². The van der Waals surface area contributed by atoms with Crippen molar-refractivity contribution < 1.29 is 9.53 Å². The number of rotatable bonds is 1. The van der Waals surface area contributed by atoms with Crippen molar-refractivity contribution in [2.45, 2.75) is 31.5 Å². The first-order chi connectivity index (χ1) is 9.71. The summed E-state index contributed by atoms with van der Waals surface area (Å²) < 4.78 is 5.89. The number of epoxide rings is 1. The van der Waals surface area contributed by atoms with E-state index in [2.05, 4.69) is 31.2 Å². The Kier molecular flexibility index (Phi) is 2.39. The Labute approximate surface area is 118 Å². The van der Waals surface area contributed by atoms with Gasteiger partial charge in [0, 0.05) is 5.56 Å². The van der Waals surface area contributed by atoms with E-state index in [1.54, 1.807) is 0 Å². The second-order valence-electron chi connectivity index (χ2n) is 5.78. The van der Waals surface area contributed by atoms with Crippen molar-refractivity contribution in [3.63, 3.8) is 0 Å². The second-order valence-corrected chi connectivity index (χ2v) is 5.78. The number of hydrogen-bond donors (Lipinski definition) is 0. The maximum atomic E-state index is 12.7. The van der Waals surface area contributed by atoms with Crippen molar-refractivity contribution in [1.29, 1.82) is 0 Å². The number of aryl methyl sites for hydroxylation is 2. The van der Waals surface area contributed by atoms with Crippen molar-refractivity contribution >= 4 is 5.78 Å². The molecule has 1 fully saturated rings. The summed E-state index contributed by atoms with van der Waals surface area (Å²) in [6.45, 7) is 2.06. The molecule has 2 aliphatic rings. The summed E-state index contributed by atoms with van der Waals surface area (Å²) in [6, 6.07) is 16.2. The monoisotopic (exact) mass is 264 g/mol. The highest BCUT2D eigenvalue weighted by Gasteiger charge is 2.63. The molecular weight excluding hydrogens is 248 g/mol. The summed E-state index contributed by atoms with van der Waals surface area (Å²) in [6.07, 6.45) is 1.65. The zero-order chi connectivity index (χ0) is 13.7. The SMILES string of the molecule is Cc1ccc(C2OC23CCc2ccccc2C3=O)cc1. The normalized spacial score (nSPS) is 27.4. The highest BCUT2D eigenvalue weighted by Crippen LogP contribution is 2.56. The third kappa shape index (κ3) is 1.58. The molecule has 0 amide bonds. The van der Waals surface area contributed by atoms with Crippen LogP contribution in [0.15, 0.2) is 48.5 Å². The molecule has 0 saturated carbocycles. The van der Waals surface area contributed by atoms with Crippen LogP contribution >= 0.6 is 0 Å². The molecule has 0 aromatic heterocycles. The van der Waals surface area contributed by atoms with Crippen LogP contribution in [-0.4, -0.2) is 11.4 Å². The van der Waals surface area contributed by atoms with Crippen LogP contribution in [0.3, 0.4) is 0 Å². The third-order valence-corrected chi connectivity index (χ3v) is 4.49. The average Bonchev–Trinajstić information content (AvgIpc) is 3.20. The van der Waals surface area contributed by atoms with Gasteiger partial charge in [-0.2, -0.15) is 0 Å². The van der Waals surface area contributed by atoms with E-state index in [1.807, 2.05) is 24.3 Å². The van der Waals surface area contributed by atoms with Gasteiger partial charge < -0.3 is 4.74 Å². The Hall–Kier alpha value is -1.93. The quantitative estimate of drug-likeness (QED) is 0.736. The van der Waals surface area contributed by atoms with Gasteiger partial charge in [-0.3, -0.25) is 4.79 Å². The van der Waals surface area contributed by atoms with E-state index in [1.165, 1.54) is 5.56 Å². The maximum absolute atomic E-state index is 12.7. The molecule has 0 N–H and O–H groups in total. The molecule has 100 valence electrons. The van der Waals surface area contributed by atoms with E-state index in [0.29, 0.717) is 0 Å². The van der Waals surface area contributed by atoms with Crippen LogP contribution in [0.5, 0.6) is 0 Å². The van der Waals surface area contributed by atoms with Gasteiger partial charge in [-0.05, 0) is 30.9 Å². The highest BCUT2D eigenvalue weighted by molar-refractivity contribution is 6.07. The van der Waals surface area contributed by atoms with Crippen LogP contribution in [0.25, 0.3) is 0 Å². The number of benzene rings is 2. The molecule has 2 heteroatoms. The zero-order valence-corrected chi connectivity index (χ0v) is 11.4. The third-order valence-electron chi connectivity index (χ3n) is 4.49. The molecule has 2 nitrogen and oxygen atoms in total. The predicted octanol–water partition coefficient (Wildman–Crippen LogP) is 3.63. The van der Waals surface area contributed by atoms with E-state index in [4.69, 9.17) is 4.74 Å². The Morgan fingerprint density at radius 3 is 2.65 bits per heavy atom. The van der Waals surface area contributed by atoms with Gasteiger partial charge in [-0.25, -0.2) is 0 Å². The smallest absolute Gasteiger partial charge is 0.198 e. The highest BCUT2D eigenvalue weighted by atomic mass is 16.6. The summed E-state index contributed by atoms with van der Waals surface area (Å²) >= 11 is 0. The molecule has 2 atom stereocenters. The minimum Gasteiger partial charge on any atom is -0.352 e. The number of Topliss-reactive ketones (excluding diaryl/α,β-unsaturated/α-hetero) is 1. The Morgan fingerprint density at radius 2 is 1.85 bits per heavy atom. The van der Waals surface area contributed by atoms with Crippen LogP contribution in [0, 0.1) is 6.92 Å². The maximum Gasteiger partial charge on any atom is 0.198 e. The van der Waals surface area contributed by atoms with Crippen molar-refractivity contribution in [3.8, 4) is 0 Å². The van der Waals surface area contributed by atoms with Crippen molar-refractivity contribution in [1.82, 2.24) is 0 Å². The van der Waals surface area contributed by atoms with Gasteiger partial charge >= 0.3 is 0 Å². The van der Waals surface area contributed by atoms with Gasteiger partial charge in [-0.15, -0.1) is 0 Å². The topological polar surface area (TPSA) is 29.6 Å². The molecule has 1 aliphatic carbocycles. The van der Waals surface area contributed by atoms with Gasteiger partial charge in [0.25, 0.3) is 0 Å². The molecular formula is C18H16O2. The molecule has 2 aromatic rings. The molecule has 2 aromatic carbocycles. The average molecular weight is 264 g/mol. The number of ether oxygens (including phenoxy) is 1. The fraction of sp³-hybridized carbons (Fsp3) is 0.278. The molecule has 1 spiro atoms. The number of carbonyl (C=O) groups is 1. The number of fused-ring (bicyclic) bond motifs is 1. The lowest BCUT2D eigenvalue weighted by Gasteiger charge is -2.20. The standard InChI is InChI=1S/C18H16O2/c1-12-6-8-14(9-7-12)17-18(20-17)11-10-13-4-2-3-5-15(13)16(18)19/h2-9,17H,10-11H2,1H3. The zero-order valence-electron chi connectivity index (χ0n) is 11.4. The first kappa shape index (κ1) is 11.9. The Balaban J connectivity index is 1.69. The van der Waals surface area contributed by atoms with Gasteiger partial charge in [0.05, 0.1) is 0 Å². The molecule has 1 saturated heterocycles. The first-order valence-electron chi connectivity index (χ1n) is 7.08. The molecule has 4 rings (SSSR count). The van der Waals surface area contributed by atoms with E-state index in [-0.39, 0.29) is 11.9 Å². The van der Waals surface area contributed by atoms with E-state index in [9.17, 15) is 4.79 Å². The molecule has 0 radical (unpaired) electrons. The fourth-order valence-corrected chi connectivity index (χ4v) is 3.24. The minimum atomic E-state index is -0.594. The van der Waals surface area contributed by atoms with Crippen molar-refractivity contribution in [3.05, 3.63) is 70.8 Å². The van der Waals surface area contributed by atoms with Gasteiger partial charge in [0.1, 0.15) is 6.10 Å². The van der Waals surface area contributed by atoms with E-state index >= 15 is 0 Å². The summed E-state index contributed by atoms with van der Waals surface area (Å²) in [4.78, 5) is 12.7. The summed E-state index contributed by atoms with van der Waals surface area (Å²) in [7, 11) is 0. The number of ketones is 1. The first-order valence-corrected chi connectivity index (χ1v) is 7.08. The lowest BCUT2D eigenvalue weighted by atomic mass is 9.79. The van der Waals surface area contributed by atoms with Crippen LogP contribution in [0.1, 0.15) is 39.6 Å². The predicted molar refractivity (Wildman–Crippen MR) is 76.8 cm³/mol. The molecule has 1 aliphatic heterocycles. The Morgan fingerprint density at radius 1 is 1.10 bits per heavy atom. The van der Waals surface area contributed by atoms with Crippen LogP contribution < -0.4 is 0 Å². The van der Waals surface area contributed by atoms with Gasteiger partial charge in [0.2, 0.25) is 0 Å². The van der Waals surface area contributed by atoms with E-state index in [0.717, 1.165) is 29.5 Å². The number of carbonyl (C=O) groups excluding carboxylic acids is 1.